The minimum Gasteiger partial charge on any atom is -0.493 e. The van der Waals surface area contributed by atoms with Gasteiger partial charge in [-0.3, -0.25) is 4.90 Å². The molecule has 0 bridgehead atoms. The van der Waals surface area contributed by atoms with Crippen molar-refractivity contribution in [3.8, 4) is 11.5 Å². The van der Waals surface area contributed by atoms with Crippen LogP contribution in [0.15, 0.2) is 18.2 Å². The molecule has 5 heteroatoms. The van der Waals surface area contributed by atoms with Crippen molar-refractivity contribution in [3.63, 3.8) is 0 Å². The number of nitrogens with two attached hydrogens (primary N) is 1. The molecule has 0 aromatic heterocycles. The fraction of sp³-hybridized carbons (Fsp3) is 0.600. The quantitative estimate of drug-likeness (QED) is 0.854. The minimum absolute atomic E-state index is 0.0117. The van der Waals surface area contributed by atoms with Gasteiger partial charge in [0.05, 0.1) is 27.4 Å². The van der Waals surface area contributed by atoms with Gasteiger partial charge < -0.3 is 19.9 Å². The number of ether oxygens (including phenoxy) is 3. The average Bonchev–Trinajstić information content (AvgIpc) is 2.52. The van der Waals surface area contributed by atoms with Crippen molar-refractivity contribution >= 4 is 0 Å². The summed E-state index contributed by atoms with van der Waals surface area (Å²) in [5.74, 6) is 1.46. The van der Waals surface area contributed by atoms with E-state index in [0.717, 1.165) is 56.3 Å². The van der Waals surface area contributed by atoms with E-state index in [1.54, 1.807) is 14.2 Å². The number of methoxy groups -OCH3 is 2. The SMILES string of the molecule is COc1ccc(C(N)CCN2CCOCC2)cc1OC. The first kappa shape index (κ1) is 15.1. The van der Waals surface area contributed by atoms with Crippen molar-refractivity contribution in [1.82, 2.24) is 4.90 Å². The van der Waals surface area contributed by atoms with Crippen LogP contribution in [0.1, 0.15) is 18.0 Å². The van der Waals surface area contributed by atoms with Crippen molar-refractivity contribution in [3.05, 3.63) is 23.8 Å². The molecular weight excluding hydrogens is 256 g/mol. The molecule has 20 heavy (non-hydrogen) atoms. The molecule has 1 aliphatic rings. The summed E-state index contributed by atoms with van der Waals surface area (Å²) in [4.78, 5) is 2.39. The third kappa shape index (κ3) is 3.85. The predicted octanol–water partition coefficient (Wildman–Crippen LogP) is 1.43. The van der Waals surface area contributed by atoms with Gasteiger partial charge in [-0.05, 0) is 24.1 Å². The number of rotatable bonds is 6. The topological polar surface area (TPSA) is 57.0 Å². The molecule has 1 saturated heterocycles. The zero-order valence-corrected chi connectivity index (χ0v) is 12.3. The molecule has 0 saturated carbocycles. The lowest BCUT2D eigenvalue weighted by atomic mass is 10.0. The van der Waals surface area contributed by atoms with Gasteiger partial charge in [-0.1, -0.05) is 6.07 Å². The molecule has 1 unspecified atom stereocenters. The van der Waals surface area contributed by atoms with Crippen LogP contribution < -0.4 is 15.2 Å². The Bertz CT molecular complexity index is 420. The van der Waals surface area contributed by atoms with Crippen LogP contribution in [0, 0.1) is 0 Å². The van der Waals surface area contributed by atoms with Crippen LogP contribution in [0.2, 0.25) is 0 Å². The first-order chi connectivity index (χ1) is 9.74. The van der Waals surface area contributed by atoms with Crippen molar-refractivity contribution in [2.75, 3.05) is 47.1 Å². The highest BCUT2D eigenvalue weighted by molar-refractivity contribution is 5.43. The fourth-order valence-corrected chi connectivity index (χ4v) is 2.40. The summed E-state index contributed by atoms with van der Waals surface area (Å²) >= 11 is 0. The average molecular weight is 280 g/mol. The van der Waals surface area contributed by atoms with Crippen molar-refractivity contribution in [2.24, 2.45) is 5.73 Å². The van der Waals surface area contributed by atoms with E-state index in [0.29, 0.717) is 0 Å². The second-order valence-electron chi connectivity index (χ2n) is 4.96. The van der Waals surface area contributed by atoms with E-state index in [2.05, 4.69) is 4.90 Å². The number of hydrogen-bond donors (Lipinski definition) is 1. The summed E-state index contributed by atoms with van der Waals surface area (Å²) in [5.41, 5.74) is 7.35. The first-order valence-corrected chi connectivity index (χ1v) is 7.02. The Morgan fingerprint density at radius 2 is 1.90 bits per heavy atom. The van der Waals surface area contributed by atoms with Crippen LogP contribution in [0.5, 0.6) is 11.5 Å². The molecule has 0 radical (unpaired) electrons. The molecule has 0 amide bonds. The van der Waals surface area contributed by atoms with Crippen LogP contribution in [-0.2, 0) is 4.74 Å². The Morgan fingerprint density at radius 3 is 2.55 bits per heavy atom. The summed E-state index contributed by atoms with van der Waals surface area (Å²) < 4.78 is 15.9. The highest BCUT2D eigenvalue weighted by Gasteiger charge is 2.14. The van der Waals surface area contributed by atoms with E-state index in [-0.39, 0.29) is 6.04 Å². The summed E-state index contributed by atoms with van der Waals surface area (Å²) in [6, 6.07) is 5.88. The largest absolute Gasteiger partial charge is 0.493 e. The maximum Gasteiger partial charge on any atom is 0.161 e. The second-order valence-corrected chi connectivity index (χ2v) is 4.96. The van der Waals surface area contributed by atoms with Crippen LogP contribution in [-0.4, -0.2) is 52.0 Å². The maximum atomic E-state index is 6.27. The van der Waals surface area contributed by atoms with Gasteiger partial charge in [0.1, 0.15) is 0 Å². The van der Waals surface area contributed by atoms with Crippen LogP contribution in [0.4, 0.5) is 0 Å². The van der Waals surface area contributed by atoms with Crippen LogP contribution >= 0.6 is 0 Å². The molecule has 1 aromatic rings. The number of morpholine rings is 1. The Kier molecular flexibility index (Phi) is 5.64. The highest BCUT2D eigenvalue weighted by Crippen LogP contribution is 2.30. The molecule has 1 heterocycles. The Morgan fingerprint density at radius 1 is 1.20 bits per heavy atom. The molecule has 2 N–H and O–H groups in total. The van der Waals surface area contributed by atoms with Crippen molar-refractivity contribution in [2.45, 2.75) is 12.5 Å². The van der Waals surface area contributed by atoms with Gasteiger partial charge in [0.2, 0.25) is 0 Å². The smallest absolute Gasteiger partial charge is 0.161 e. The maximum absolute atomic E-state index is 6.27. The normalized spacial score (nSPS) is 17.8. The molecular formula is C15H24N2O3. The fourth-order valence-electron chi connectivity index (χ4n) is 2.40. The minimum atomic E-state index is 0.0117. The summed E-state index contributed by atoms with van der Waals surface area (Å²) in [6.45, 7) is 4.65. The lowest BCUT2D eigenvalue weighted by Gasteiger charge is -2.27. The Labute approximate surface area is 120 Å². The molecule has 112 valence electrons. The van der Waals surface area contributed by atoms with E-state index in [4.69, 9.17) is 19.9 Å². The highest BCUT2D eigenvalue weighted by atomic mass is 16.5. The molecule has 1 atom stereocenters. The van der Waals surface area contributed by atoms with E-state index in [9.17, 15) is 0 Å². The van der Waals surface area contributed by atoms with E-state index in [1.807, 2.05) is 18.2 Å². The number of nitrogens with zero attached hydrogens (tertiary/aromatic N) is 1. The molecule has 1 fully saturated rings. The predicted molar refractivity (Wildman–Crippen MR) is 78.4 cm³/mol. The number of benzene rings is 1. The monoisotopic (exact) mass is 280 g/mol. The molecule has 2 rings (SSSR count). The van der Waals surface area contributed by atoms with E-state index < -0.39 is 0 Å². The van der Waals surface area contributed by atoms with Gasteiger partial charge in [-0.2, -0.15) is 0 Å². The van der Waals surface area contributed by atoms with Crippen molar-refractivity contribution in [1.29, 1.82) is 0 Å². The van der Waals surface area contributed by atoms with Gasteiger partial charge in [-0.15, -0.1) is 0 Å². The first-order valence-electron chi connectivity index (χ1n) is 7.02. The van der Waals surface area contributed by atoms with Gasteiger partial charge >= 0.3 is 0 Å². The van der Waals surface area contributed by atoms with Crippen LogP contribution in [0.25, 0.3) is 0 Å². The van der Waals surface area contributed by atoms with Crippen LogP contribution in [0.3, 0.4) is 0 Å². The van der Waals surface area contributed by atoms with Gasteiger partial charge in [0.15, 0.2) is 11.5 Å². The number of hydrogen-bond acceptors (Lipinski definition) is 5. The summed E-state index contributed by atoms with van der Waals surface area (Å²) in [7, 11) is 3.27. The zero-order valence-electron chi connectivity index (χ0n) is 12.3. The molecule has 0 spiro atoms. The van der Waals surface area contributed by atoms with Gasteiger partial charge in [-0.25, -0.2) is 0 Å². The summed E-state index contributed by atoms with van der Waals surface area (Å²) in [6.07, 6.45) is 0.926. The molecule has 5 nitrogen and oxygen atoms in total. The Balaban J connectivity index is 1.92. The lowest BCUT2D eigenvalue weighted by Crippen LogP contribution is -2.37. The van der Waals surface area contributed by atoms with E-state index >= 15 is 0 Å². The second kappa shape index (κ2) is 7.47. The standard InChI is InChI=1S/C15H24N2O3/c1-18-14-4-3-12(11-15(14)19-2)13(16)5-6-17-7-9-20-10-8-17/h3-4,11,13H,5-10,16H2,1-2H3. The molecule has 1 aliphatic heterocycles. The molecule has 1 aromatic carbocycles. The Hall–Kier alpha value is -1.30. The van der Waals surface area contributed by atoms with Crippen molar-refractivity contribution < 1.29 is 14.2 Å². The zero-order chi connectivity index (χ0) is 14.4. The summed E-state index contributed by atoms with van der Waals surface area (Å²) in [5, 5.41) is 0. The third-order valence-electron chi connectivity index (χ3n) is 3.70. The lowest BCUT2D eigenvalue weighted by molar-refractivity contribution is 0.0366. The third-order valence-corrected chi connectivity index (χ3v) is 3.70. The molecule has 0 aliphatic carbocycles. The van der Waals surface area contributed by atoms with E-state index in [1.165, 1.54) is 0 Å². The van der Waals surface area contributed by atoms with Gasteiger partial charge in [0.25, 0.3) is 0 Å². The van der Waals surface area contributed by atoms with Gasteiger partial charge in [0, 0.05) is 25.7 Å².